The number of pyridine rings is 1. The lowest BCUT2D eigenvalue weighted by Gasteiger charge is -2.13. The summed E-state index contributed by atoms with van der Waals surface area (Å²) >= 11 is 0. The van der Waals surface area contributed by atoms with E-state index >= 15 is 0 Å². The molecule has 2 heterocycles. The summed E-state index contributed by atoms with van der Waals surface area (Å²) < 4.78 is 12.5. The fourth-order valence-electron chi connectivity index (χ4n) is 3.11. The van der Waals surface area contributed by atoms with Crippen LogP contribution >= 0.6 is 0 Å². The van der Waals surface area contributed by atoms with Crippen LogP contribution in [0.25, 0.3) is 11.0 Å². The lowest BCUT2D eigenvalue weighted by atomic mass is 10.2. The molecule has 3 rings (SSSR count). The lowest BCUT2D eigenvalue weighted by Crippen LogP contribution is -2.42. The summed E-state index contributed by atoms with van der Waals surface area (Å²) in [7, 11) is 1.46. The lowest BCUT2D eigenvalue weighted by molar-refractivity contribution is -0.116. The third-order valence-electron chi connectivity index (χ3n) is 4.49. The molecule has 0 aliphatic carbocycles. The predicted molar refractivity (Wildman–Crippen MR) is 113 cm³/mol. The number of amides is 1. The van der Waals surface area contributed by atoms with Crippen LogP contribution < -0.4 is 21.3 Å². The fraction of sp³-hybridized carbons (Fsp3) is 0.286. The van der Waals surface area contributed by atoms with E-state index in [0.29, 0.717) is 6.61 Å². The molecule has 0 unspecified atom stereocenters. The normalized spacial score (nSPS) is 10.7. The van der Waals surface area contributed by atoms with Crippen LogP contribution in [-0.4, -0.2) is 39.2 Å². The molecule has 2 aromatic heterocycles. The minimum Gasteiger partial charge on any atom is -0.493 e. The first-order chi connectivity index (χ1) is 14.9. The molecule has 1 aromatic carbocycles. The number of rotatable bonds is 7. The second-order valence-corrected chi connectivity index (χ2v) is 6.49. The number of benzene rings is 1. The van der Waals surface area contributed by atoms with E-state index in [1.54, 1.807) is 26.0 Å². The van der Waals surface area contributed by atoms with Crippen molar-refractivity contribution in [1.82, 2.24) is 14.1 Å². The van der Waals surface area contributed by atoms with Gasteiger partial charge in [0.2, 0.25) is 5.91 Å². The number of aromatic nitrogens is 3. The number of aryl methyl sites for hydroxylation is 1. The van der Waals surface area contributed by atoms with Gasteiger partial charge in [0.25, 0.3) is 5.56 Å². The van der Waals surface area contributed by atoms with Crippen LogP contribution in [0.1, 0.15) is 24.2 Å². The summed E-state index contributed by atoms with van der Waals surface area (Å²) in [4.78, 5) is 54.6. The predicted octanol–water partition coefficient (Wildman–Crippen LogP) is 1.31. The van der Waals surface area contributed by atoms with Crippen molar-refractivity contribution in [3.8, 4) is 5.75 Å². The second-order valence-electron chi connectivity index (χ2n) is 6.49. The van der Waals surface area contributed by atoms with E-state index in [1.807, 2.05) is 0 Å². The summed E-state index contributed by atoms with van der Waals surface area (Å²) in [6.45, 7) is 3.37. The third-order valence-corrected chi connectivity index (χ3v) is 4.49. The summed E-state index contributed by atoms with van der Waals surface area (Å²) in [6, 6.07) is 7.84. The number of hydrogen-bond donors (Lipinski definition) is 1. The SMILES string of the molecule is CCOC(=O)c1ccccc1NC(=O)Cn1c(=O)c2c(OCC)ccnc2n(C)c1=O. The second kappa shape index (κ2) is 9.24. The van der Waals surface area contributed by atoms with Gasteiger partial charge in [-0.05, 0) is 32.0 Å². The molecule has 162 valence electrons. The molecule has 1 N–H and O–H groups in total. The zero-order chi connectivity index (χ0) is 22.5. The van der Waals surface area contributed by atoms with Gasteiger partial charge < -0.3 is 14.8 Å². The van der Waals surface area contributed by atoms with E-state index in [1.165, 1.54) is 36.0 Å². The van der Waals surface area contributed by atoms with Gasteiger partial charge in [-0.2, -0.15) is 0 Å². The highest BCUT2D eigenvalue weighted by Gasteiger charge is 2.19. The number of hydrogen-bond acceptors (Lipinski definition) is 7. The molecule has 10 heteroatoms. The molecule has 31 heavy (non-hydrogen) atoms. The Morgan fingerprint density at radius 1 is 1.10 bits per heavy atom. The van der Waals surface area contributed by atoms with Crippen molar-refractivity contribution in [1.29, 1.82) is 0 Å². The Kier molecular flexibility index (Phi) is 6.49. The molecule has 3 aromatic rings. The van der Waals surface area contributed by atoms with Crippen LogP contribution in [0.15, 0.2) is 46.1 Å². The van der Waals surface area contributed by atoms with Gasteiger partial charge >= 0.3 is 11.7 Å². The first-order valence-electron chi connectivity index (χ1n) is 9.66. The average molecular weight is 426 g/mol. The Labute approximate surface area is 177 Å². The molecular formula is C21H22N4O6. The molecule has 1 amide bonds. The first-order valence-corrected chi connectivity index (χ1v) is 9.66. The van der Waals surface area contributed by atoms with E-state index < -0.39 is 29.7 Å². The molecular weight excluding hydrogens is 404 g/mol. The number of carbonyl (C=O) groups is 2. The Balaban J connectivity index is 1.99. The highest BCUT2D eigenvalue weighted by atomic mass is 16.5. The van der Waals surface area contributed by atoms with Crippen LogP contribution in [0.4, 0.5) is 5.69 Å². The Morgan fingerprint density at radius 2 is 1.84 bits per heavy atom. The van der Waals surface area contributed by atoms with Gasteiger partial charge in [0.1, 0.15) is 17.7 Å². The van der Waals surface area contributed by atoms with Crippen LogP contribution in [0.5, 0.6) is 5.75 Å². The number of nitrogens with one attached hydrogen (secondary N) is 1. The summed E-state index contributed by atoms with van der Waals surface area (Å²) in [5.41, 5.74) is -0.853. The standard InChI is InChI=1S/C21H22N4O6/c1-4-30-15-10-11-22-18-17(15)19(27)25(21(29)24(18)3)12-16(26)23-14-9-7-6-8-13(14)20(28)31-5-2/h6-11H,4-5,12H2,1-3H3,(H,23,26). The van der Waals surface area contributed by atoms with Crippen molar-refractivity contribution in [3.05, 3.63) is 62.9 Å². The highest BCUT2D eigenvalue weighted by Crippen LogP contribution is 2.19. The number of anilines is 1. The van der Waals surface area contributed by atoms with Crippen LogP contribution in [0.3, 0.4) is 0 Å². The molecule has 0 bridgehead atoms. The number of esters is 1. The highest BCUT2D eigenvalue weighted by molar-refractivity contribution is 6.01. The van der Waals surface area contributed by atoms with E-state index in [2.05, 4.69) is 10.3 Å². The van der Waals surface area contributed by atoms with Crippen molar-refractivity contribution in [2.75, 3.05) is 18.5 Å². The maximum Gasteiger partial charge on any atom is 0.340 e. The van der Waals surface area contributed by atoms with Crippen molar-refractivity contribution in [2.45, 2.75) is 20.4 Å². The molecule has 0 spiro atoms. The van der Waals surface area contributed by atoms with Gasteiger partial charge in [-0.3, -0.25) is 14.2 Å². The molecule has 0 atom stereocenters. The average Bonchev–Trinajstić information content (AvgIpc) is 2.76. The van der Waals surface area contributed by atoms with Gasteiger partial charge in [0, 0.05) is 13.2 Å². The van der Waals surface area contributed by atoms with Gasteiger partial charge in [-0.25, -0.2) is 19.1 Å². The van der Waals surface area contributed by atoms with Gasteiger partial charge in [-0.15, -0.1) is 0 Å². The number of fused-ring (bicyclic) bond motifs is 1. The molecule has 0 aliphatic heterocycles. The molecule has 10 nitrogen and oxygen atoms in total. The van der Waals surface area contributed by atoms with Gasteiger partial charge in [0.15, 0.2) is 5.65 Å². The molecule has 0 saturated carbocycles. The molecule has 0 aliphatic rings. The topological polar surface area (TPSA) is 122 Å². The molecule has 0 fully saturated rings. The summed E-state index contributed by atoms with van der Waals surface area (Å²) in [6.07, 6.45) is 1.44. The summed E-state index contributed by atoms with van der Waals surface area (Å²) in [5.74, 6) is -0.975. The number of carbonyl (C=O) groups excluding carboxylic acids is 2. The molecule has 0 saturated heterocycles. The zero-order valence-corrected chi connectivity index (χ0v) is 17.4. The fourth-order valence-corrected chi connectivity index (χ4v) is 3.11. The van der Waals surface area contributed by atoms with E-state index in [4.69, 9.17) is 9.47 Å². The van der Waals surface area contributed by atoms with Crippen molar-refractivity contribution < 1.29 is 19.1 Å². The minimum atomic E-state index is -0.701. The Bertz CT molecular complexity index is 1260. The number of para-hydroxylation sites is 1. The Hall–Kier alpha value is -3.95. The number of ether oxygens (including phenoxy) is 2. The summed E-state index contributed by atoms with van der Waals surface area (Å²) in [5, 5.41) is 2.67. The van der Waals surface area contributed by atoms with E-state index in [0.717, 1.165) is 4.57 Å². The minimum absolute atomic E-state index is 0.103. The van der Waals surface area contributed by atoms with Crippen LogP contribution in [-0.2, 0) is 23.1 Å². The number of nitrogens with zero attached hydrogens (tertiary/aromatic N) is 3. The maximum absolute atomic E-state index is 13.0. The van der Waals surface area contributed by atoms with E-state index in [-0.39, 0.29) is 34.6 Å². The Morgan fingerprint density at radius 3 is 2.55 bits per heavy atom. The van der Waals surface area contributed by atoms with Crippen molar-refractivity contribution in [2.24, 2.45) is 7.05 Å². The van der Waals surface area contributed by atoms with Crippen molar-refractivity contribution in [3.63, 3.8) is 0 Å². The van der Waals surface area contributed by atoms with Gasteiger partial charge in [-0.1, -0.05) is 12.1 Å². The maximum atomic E-state index is 13.0. The monoisotopic (exact) mass is 426 g/mol. The quantitative estimate of drug-likeness (QED) is 0.565. The smallest absolute Gasteiger partial charge is 0.340 e. The van der Waals surface area contributed by atoms with E-state index in [9.17, 15) is 19.2 Å². The zero-order valence-electron chi connectivity index (χ0n) is 17.4. The largest absolute Gasteiger partial charge is 0.493 e. The van der Waals surface area contributed by atoms with Crippen molar-refractivity contribution >= 4 is 28.6 Å². The first kappa shape index (κ1) is 21.8. The van der Waals surface area contributed by atoms with Gasteiger partial charge in [0.05, 0.1) is 24.5 Å². The van der Waals surface area contributed by atoms with Crippen LogP contribution in [0.2, 0.25) is 0 Å². The third kappa shape index (κ3) is 4.32. The van der Waals surface area contributed by atoms with Crippen LogP contribution in [0, 0.1) is 0 Å². The molecule has 0 radical (unpaired) electrons.